The number of halogens is 1. The number of hydrogen-bond donors (Lipinski definition) is 1. The predicted molar refractivity (Wildman–Crippen MR) is 87.5 cm³/mol. The Balaban J connectivity index is 2.24. The Morgan fingerprint density at radius 2 is 1.84 bits per heavy atom. The van der Waals surface area contributed by atoms with Gasteiger partial charge < -0.3 is 5.32 Å². The van der Waals surface area contributed by atoms with Gasteiger partial charge in [0, 0.05) is 9.26 Å². The van der Waals surface area contributed by atoms with Crippen LogP contribution in [0.5, 0.6) is 0 Å². The SMILES string of the molecule is C=CCc1ccccc1NC(=O)c1ccccc1I. The number of amides is 1. The fraction of sp³-hybridized carbons (Fsp3) is 0.0625. The van der Waals surface area contributed by atoms with Crippen molar-refractivity contribution in [3.8, 4) is 0 Å². The summed E-state index contributed by atoms with van der Waals surface area (Å²) in [6, 6.07) is 15.3. The molecular weight excluding hydrogens is 349 g/mol. The van der Waals surface area contributed by atoms with Gasteiger partial charge >= 0.3 is 0 Å². The summed E-state index contributed by atoms with van der Waals surface area (Å²) in [4.78, 5) is 12.2. The predicted octanol–water partition coefficient (Wildman–Crippen LogP) is 4.27. The molecule has 2 nitrogen and oxygen atoms in total. The number of benzene rings is 2. The van der Waals surface area contributed by atoms with Crippen molar-refractivity contribution in [1.29, 1.82) is 0 Å². The van der Waals surface area contributed by atoms with Crippen molar-refractivity contribution in [3.63, 3.8) is 0 Å². The van der Waals surface area contributed by atoms with Gasteiger partial charge in [0.2, 0.25) is 0 Å². The molecule has 96 valence electrons. The van der Waals surface area contributed by atoms with Crippen molar-refractivity contribution in [2.75, 3.05) is 5.32 Å². The fourth-order valence-electron chi connectivity index (χ4n) is 1.81. The van der Waals surface area contributed by atoms with E-state index in [9.17, 15) is 4.79 Å². The number of para-hydroxylation sites is 1. The zero-order valence-corrected chi connectivity index (χ0v) is 12.6. The summed E-state index contributed by atoms with van der Waals surface area (Å²) in [5.74, 6) is -0.0819. The average Bonchev–Trinajstić information content (AvgIpc) is 2.41. The van der Waals surface area contributed by atoms with Gasteiger partial charge in [-0.1, -0.05) is 36.4 Å². The largest absolute Gasteiger partial charge is 0.322 e. The standard InChI is InChI=1S/C16H14INO/c1-2-7-12-8-3-6-11-15(12)18-16(19)13-9-4-5-10-14(13)17/h2-6,8-11H,1,7H2,(H,18,19). The number of carbonyl (C=O) groups is 1. The van der Waals surface area contributed by atoms with E-state index in [1.807, 2.05) is 54.6 Å². The van der Waals surface area contributed by atoms with Crippen LogP contribution in [0.3, 0.4) is 0 Å². The van der Waals surface area contributed by atoms with Crippen molar-refractivity contribution < 1.29 is 4.79 Å². The Labute approximate surface area is 126 Å². The van der Waals surface area contributed by atoms with Gasteiger partial charge in [-0.15, -0.1) is 6.58 Å². The van der Waals surface area contributed by atoms with Gasteiger partial charge in [0.25, 0.3) is 5.91 Å². The van der Waals surface area contributed by atoms with Gasteiger partial charge in [-0.2, -0.15) is 0 Å². The molecular formula is C16H14INO. The second-order valence-corrected chi connectivity index (χ2v) is 5.25. The molecule has 0 aliphatic rings. The Hall–Kier alpha value is -1.62. The van der Waals surface area contributed by atoms with Crippen molar-refractivity contribution in [2.24, 2.45) is 0 Å². The molecule has 2 aromatic carbocycles. The number of allylic oxidation sites excluding steroid dienone is 1. The molecule has 0 aliphatic heterocycles. The lowest BCUT2D eigenvalue weighted by Gasteiger charge is -2.10. The maximum Gasteiger partial charge on any atom is 0.256 e. The van der Waals surface area contributed by atoms with Gasteiger partial charge in [-0.25, -0.2) is 0 Å². The van der Waals surface area contributed by atoms with Gasteiger partial charge in [0.05, 0.1) is 5.56 Å². The maximum atomic E-state index is 12.2. The van der Waals surface area contributed by atoms with Crippen LogP contribution in [0.2, 0.25) is 0 Å². The Bertz CT molecular complexity index is 607. The number of rotatable bonds is 4. The summed E-state index contributed by atoms with van der Waals surface area (Å²) < 4.78 is 0.943. The van der Waals surface area contributed by atoms with E-state index in [0.717, 1.165) is 21.2 Å². The molecule has 0 saturated carbocycles. The van der Waals surface area contributed by atoms with E-state index >= 15 is 0 Å². The molecule has 0 bridgehead atoms. The van der Waals surface area contributed by atoms with Crippen LogP contribution < -0.4 is 5.32 Å². The first kappa shape index (κ1) is 13.8. The number of anilines is 1. The van der Waals surface area contributed by atoms with E-state index < -0.39 is 0 Å². The lowest BCUT2D eigenvalue weighted by molar-refractivity contribution is 0.102. The second kappa shape index (κ2) is 6.52. The topological polar surface area (TPSA) is 29.1 Å². The molecule has 0 atom stereocenters. The molecule has 1 N–H and O–H groups in total. The summed E-state index contributed by atoms with van der Waals surface area (Å²) in [6.45, 7) is 3.73. The van der Waals surface area contributed by atoms with Crippen molar-refractivity contribution in [3.05, 3.63) is 75.9 Å². The van der Waals surface area contributed by atoms with Gasteiger partial charge in [-0.05, 0) is 52.8 Å². The van der Waals surface area contributed by atoms with Crippen LogP contribution in [-0.2, 0) is 6.42 Å². The molecule has 0 aliphatic carbocycles. The Morgan fingerprint density at radius 1 is 1.16 bits per heavy atom. The van der Waals surface area contributed by atoms with Crippen LogP contribution in [0, 0.1) is 3.57 Å². The van der Waals surface area contributed by atoms with Crippen LogP contribution in [0.25, 0.3) is 0 Å². The van der Waals surface area contributed by atoms with Crippen LogP contribution in [-0.4, -0.2) is 5.91 Å². The van der Waals surface area contributed by atoms with E-state index in [4.69, 9.17) is 0 Å². The Morgan fingerprint density at radius 3 is 2.58 bits per heavy atom. The quantitative estimate of drug-likeness (QED) is 0.638. The van der Waals surface area contributed by atoms with Gasteiger partial charge in [0.15, 0.2) is 0 Å². The first-order valence-corrected chi connectivity index (χ1v) is 7.05. The fourth-order valence-corrected chi connectivity index (χ4v) is 2.44. The van der Waals surface area contributed by atoms with Crippen LogP contribution in [0.1, 0.15) is 15.9 Å². The summed E-state index contributed by atoms with van der Waals surface area (Å²) >= 11 is 2.17. The average molecular weight is 363 g/mol. The molecule has 0 unspecified atom stereocenters. The van der Waals surface area contributed by atoms with Crippen molar-refractivity contribution in [2.45, 2.75) is 6.42 Å². The molecule has 0 radical (unpaired) electrons. The van der Waals surface area contributed by atoms with E-state index in [2.05, 4.69) is 34.5 Å². The Kier molecular flexibility index (Phi) is 4.74. The summed E-state index contributed by atoms with van der Waals surface area (Å²) in [5.41, 5.74) is 2.60. The molecule has 2 rings (SSSR count). The minimum atomic E-state index is -0.0819. The normalized spacial score (nSPS) is 9.95. The lowest BCUT2D eigenvalue weighted by Crippen LogP contribution is -2.14. The number of nitrogens with one attached hydrogen (secondary N) is 1. The number of hydrogen-bond acceptors (Lipinski definition) is 1. The molecule has 2 aromatic rings. The highest BCUT2D eigenvalue weighted by Crippen LogP contribution is 2.18. The zero-order chi connectivity index (χ0) is 13.7. The summed E-state index contributed by atoms with van der Waals surface area (Å²) in [5, 5.41) is 2.96. The monoisotopic (exact) mass is 363 g/mol. The minimum Gasteiger partial charge on any atom is -0.322 e. The van der Waals surface area contributed by atoms with Crippen LogP contribution in [0.4, 0.5) is 5.69 Å². The van der Waals surface area contributed by atoms with E-state index in [0.29, 0.717) is 5.56 Å². The summed E-state index contributed by atoms with van der Waals surface area (Å²) in [7, 11) is 0. The molecule has 0 heterocycles. The number of carbonyl (C=O) groups excluding carboxylic acids is 1. The van der Waals surface area contributed by atoms with E-state index in [1.165, 1.54) is 0 Å². The molecule has 19 heavy (non-hydrogen) atoms. The lowest BCUT2D eigenvalue weighted by atomic mass is 10.1. The molecule has 0 fully saturated rings. The third kappa shape index (κ3) is 3.44. The van der Waals surface area contributed by atoms with Crippen molar-refractivity contribution in [1.82, 2.24) is 0 Å². The smallest absolute Gasteiger partial charge is 0.256 e. The third-order valence-corrected chi connectivity index (χ3v) is 3.69. The minimum absolute atomic E-state index is 0.0819. The van der Waals surface area contributed by atoms with Crippen LogP contribution >= 0.6 is 22.6 Å². The van der Waals surface area contributed by atoms with E-state index in [1.54, 1.807) is 0 Å². The van der Waals surface area contributed by atoms with Crippen LogP contribution in [0.15, 0.2) is 61.2 Å². The summed E-state index contributed by atoms with van der Waals surface area (Å²) in [6.07, 6.45) is 2.57. The molecule has 0 saturated heterocycles. The second-order valence-electron chi connectivity index (χ2n) is 4.08. The molecule has 3 heteroatoms. The molecule has 1 amide bonds. The maximum absolute atomic E-state index is 12.2. The first-order valence-electron chi connectivity index (χ1n) is 5.97. The van der Waals surface area contributed by atoms with E-state index in [-0.39, 0.29) is 5.91 Å². The highest BCUT2D eigenvalue weighted by atomic mass is 127. The third-order valence-electron chi connectivity index (χ3n) is 2.75. The molecule has 0 aromatic heterocycles. The van der Waals surface area contributed by atoms with Gasteiger partial charge in [-0.3, -0.25) is 4.79 Å². The van der Waals surface area contributed by atoms with Gasteiger partial charge in [0.1, 0.15) is 0 Å². The highest BCUT2D eigenvalue weighted by Gasteiger charge is 2.10. The zero-order valence-electron chi connectivity index (χ0n) is 10.4. The molecule has 0 spiro atoms. The van der Waals surface area contributed by atoms with Crippen molar-refractivity contribution >= 4 is 34.2 Å². The highest BCUT2D eigenvalue weighted by molar-refractivity contribution is 14.1. The first-order chi connectivity index (χ1) is 9.22.